The molecule has 1 heterocycles. The number of halogens is 1. The summed E-state index contributed by atoms with van der Waals surface area (Å²) >= 11 is 0. The molecule has 0 bridgehead atoms. The summed E-state index contributed by atoms with van der Waals surface area (Å²) < 4.78 is 27.1. The summed E-state index contributed by atoms with van der Waals surface area (Å²) in [6.45, 7) is 6.55. The number of nitrogens with one attached hydrogen (secondary N) is 1. The molecule has 1 amide bonds. The normalized spacial score (nSPS) is 11.0. The number of alkyl carbamates (subject to hydrolysis) is 1. The average Bonchev–Trinajstić information content (AvgIpc) is 3.31. The Labute approximate surface area is 238 Å². The molecule has 0 saturated carbocycles. The second-order valence-electron chi connectivity index (χ2n) is 9.93. The first kappa shape index (κ1) is 29.3. The third-order valence-corrected chi connectivity index (χ3v) is 6.47. The minimum absolute atomic E-state index is 0.0174. The highest BCUT2D eigenvalue weighted by Gasteiger charge is 2.12. The molecule has 3 aromatic carbocycles. The molecule has 4 aromatic rings. The Kier molecular flexibility index (Phi) is 9.73. The monoisotopic (exact) mass is 559 g/mol. The van der Waals surface area contributed by atoms with E-state index in [2.05, 4.69) is 5.32 Å². The number of rotatable bonds is 12. The molecule has 0 aliphatic carbocycles. The molecule has 0 unspecified atom stereocenters. The Morgan fingerprint density at radius 3 is 2.44 bits per heavy atom. The van der Waals surface area contributed by atoms with Crippen LogP contribution in [-0.2, 0) is 29.0 Å². The van der Waals surface area contributed by atoms with E-state index in [4.69, 9.17) is 19.7 Å². The maximum atomic E-state index is 14.1. The lowest BCUT2D eigenvalue weighted by Crippen LogP contribution is -2.26. The molecular formula is C32H34FN3O5. The molecule has 41 heavy (non-hydrogen) atoms. The zero-order valence-electron chi connectivity index (χ0n) is 23.4. The highest BCUT2D eigenvalue weighted by Crippen LogP contribution is 2.26. The van der Waals surface area contributed by atoms with Gasteiger partial charge in [0.1, 0.15) is 18.2 Å². The Bertz CT molecular complexity index is 1500. The number of amides is 1. The van der Waals surface area contributed by atoms with Crippen molar-refractivity contribution in [2.45, 2.75) is 52.8 Å². The van der Waals surface area contributed by atoms with E-state index in [1.165, 1.54) is 6.07 Å². The highest BCUT2D eigenvalue weighted by molar-refractivity contribution is 5.69. The minimum Gasteiger partial charge on any atom is -0.492 e. The van der Waals surface area contributed by atoms with E-state index in [1.54, 1.807) is 32.0 Å². The number of aryl methyl sites for hydroxylation is 2. The van der Waals surface area contributed by atoms with Gasteiger partial charge in [0.15, 0.2) is 0 Å². The van der Waals surface area contributed by atoms with Crippen molar-refractivity contribution in [1.29, 1.82) is 0 Å². The van der Waals surface area contributed by atoms with E-state index in [0.29, 0.717) is 30.9 Å². The molecule has 0 radical (unpaired) electrons. The molecule has 1 aromatic heterocycles. The van der Waals surface area contributed by atoms with Crippen molar-refractivity contribution >= 4 is 12.1 Å². The van der Waals surface area contributed by atoms with Gasteiger partial charge in [0.05, 0.1) is 18.3 Å². The van der Waals surface area contributed by atoms with Crippen LogP contribution in [0.5, 0.6) is 5.75 Å². The molecule has 0 aliphatic rings. The van der Waals surface area contributed by atoms with Crippen LogP contribution in [0.2, 0.25) is 0 Å². The van der Waals surface area contributed by atoms with Gasteiger partial charge in [0, 0.05) is 29.8 Å². The molecule has 4 rings (SSSR count). The standard InChI is InChI=1S/C32H34FN3O5/c1-21(2)41-32(39)34-20-26-19-27(14-12-23(26)13-15-31(37)38)40-17-16-36-22(3)18-30(35-36)25-10-8-24(9-11-25)28-6-4-5-7-29(28)33/h4-12,14,18-19,21H,13,15-17,20H2,1-3H3,(H,34,39)(H,37,38). The average molecular weight is 560 g/mol. The number of carboxylic acids is 1. The van der Waals surface area contributed by atoms with Crippen molar-refractivity contribution in [1.82, 2.24) is 15.1 Å². The van der Waals surface area contributed by atoms with E-state index < -0.39 is 12.1 Å². The zero-order chi connectivity index (χ0) is 29.4. The van der Waals surface area contributed by atoms with Crippen molar-refractivity contribution < 1.29 is 28.6 Å². The van der Waals surface area contributed by atoms with Crippen LogP contribution in [0.25, 0.3) is 22.4 Å². The van der Waals surface area contributed by atoms with Crippen LogP contribution in [0.4, 0.5) is 9.18 Å². The van der Waals surface area contributed by atoms with Gasteiger partial charge in [-0.1, -0.05) is 48.5 Å². The van der Waals surface area contributed by atoms with Gasteiger partial charge >= 0.3 is 12.1 Å². The summed E-state index contributed by atoms with van der Waals surface area (Å²) in [5.41, 5.74) is 5.65. The van der Waals surface area contributed by atoms with Crippen LogP contribution in [0.3, 0.4) is 0 Å². The fraction of sp³-hybridized carbons (Fsp3) is 0.281. The van der Waals surface area contributed by atoms with Gasteiger partial charge < -0.3 is 19.9 Å². The molecule has 0 fully saturated rings. The van der Waals surface area contributed by atoms with Gasteiger partial charge in [-0.3, -0.25) is 9.48 Å². The molecule has 0 aliphatic heterocycles. The molecular weight excluding hydrogens is 525 g/mol. The summed E-state index contributed by atoms with van der Waals surface area (Å²) in [6, 6.07) is 21.8. The number of hydrogen-bond acceptors (Lipinski definition) is 5. The molecule has 2 N–H and O–H groups in total. The number of carboxylic acid groups (broad SMARTS) is 1. The van der Waals surface area contributed by atoms with E-state index in [0.717, 1.165) is 33.6 Å². The Morgan fingerprint density at radius 2 is 1.73 bits per heavy atom. The second-order valence-corrected chi connectivity index (χ2v) is 9.93. The van der Waals surface area contributed by atoms with Gasteiger partial charge in [-0.15, -0.1) is 0 Å². The lowest BCUT2D eigenvalue weighted by Gasteiger charge is -2.14. The Balaban J connectivity index is 1.39. The maximum absolute atomic E-state index is 14.1. The van der Waals surface area contributed by atoms with Crippen molar-refractivity contribution in [2.75, 3.05) is 6.61 Å². The number of ether oxygens (including phenoxy) is 2. The van der Waals surface area contributed by atoms with Gasteiger partial charge in [-0.2, -0.15) is 5.10 Å². The summed E-state index contributed by atoms with van der Waals surface area (Å²) in [6.07, 6.45) is -0.471. The van der Waals surface area contributed by atoms with Crippen LogP contribution >= 0.6 is 0 Å². The fourth-order valence-electron chi connectivity index (χ4n) is 4.41. The van der Waals surface area contributed by atoms with Crippen molar-refractivity contribution in [3.05, 3.63) is 95.4 Å². The predicted molar refractivity (Wildman–Crippen MR) is 154 cm³/mol. The number of nitrogens with zero attached hydrogens (tertiary/aromatic N) is 2. The van der Waals surface area contributed by atoms with Crippen LogP contribution in [0.1, 0.15) is 37.1 Å². The lowest BCUT2D eigenvalue weighted by molar-refractivity contribution is -0.136. The molecule has 9 heteroatoms. The topological polar surface area (TPSA) is 103 Å². The molecule has 8 nitrogen and oxygen atoms in total. The van der Waals surface area contributed by atoms with E-state index in [9.17, 15) is 14.0 Å². The van der Waals surface area contributed by atoms with Crippen LogP contribution in [0, 0.1) is 12.7 Å². The number of hydrogen-bond donors (Lipinski definition) is 2. The van der Waals surface area contributed by atoms with Crippen molar-refractivity contribution in [2.24, 2.45) is 0 Å². The molecule has 0 spiro atoms. The Hall–Kier alpha value is -4.66. The number of aliphatic carboxylic acids is 1. The van der Waals surface area contributed by atoms with Crippen molar-refractivity contribution in [3.63, 3.8) is 0 Å². The summed E-state index contributed by atoms with van der Waals surface area (Å²) in [4.78, 5) is 23.0. The van der Waals surface area contributed by atoms with Gasteiger partial charge in [-0.25, -0.2) is 9.18 Å². The summed E-state index contributed by atoms with van der Waals surface area (Å²) in [5, 5.41) is 16.5. The Morgan fingerprint density at radius 1 is 1.00 bits per heavy atom. The number of aromatic nitrogens is 2. The first-order valence-electron chi connectivity index (χ1n) is 13.5. The van der Waals surface area contributed by atoms with Crippen molar-refractivity contribution in [3.8, 4) is 28.1 Å². The number of carbonyl (C=O) groups is 2. The van der Waals surface area contributed by atoms with Crippen LogP contribution in [0.15, 0.2) is 72.8 Å². The molecule has 0 saturated heterocycles. The lowest BCUT2D eigenvalue weighted by atomic mass is 10.0. The van der Waals surface area contributed by atoms with Gasteiger partial charge in [0.25, 0.3) is 0 Å². The van der Waals surface area contributed by atoms with E-state index in [-0.39, 0.29) is 24.9 Å². The van der Waals surface area contributed by atoms with Gasteiger partial charge in [-0.05, 0) is 68.1 Å². The molecule has 0 atom stereocenters. The first-order valence-corrected chi connectivity index (χ1v) is 13.5. The highest BCUT2D eigenvalue weighted by atomic mass is 19.1. The third-order valence-electron chi connectivity index (χ3n) is 6.47. The van der Waals surface area contributed by atoms with Crippen LogP contribution < -0.4 is 10.1 Å². The summed E-state index contributed by atoms with van der Waals surface area (Å²) in [7, 11) is 0. The predicted octanol–water partition coefficient (Wildman–Crippen LogP) is 6.40. The minimum atomic E-state index is -0.890. The van der Waals surface area contributed by atoms with Gasteiger partial charge in [0.2, 0.25) is 0 Å². The van der Waals surface area contributed by atoms with E-state index in [1.807, 2.05) is 60.1 Å². The summed E-state index contributed by atoms with van der Waals surface area (Å²) in [5.74, 6) is -0.544. The SMILES string of the molecule is Cc1cc(-c2ccc(-c3ccccc3F)cc2)nn1CCOc1ccc(CCC(=O)O)c(CNC(=O)OC(C)C)c1. The second kappa shape index (κ2) is 13.6. The number of benzene rings is 3. The smallest absolute Gasteiger partial charge is 0.407 e. The third kappa shape index (κ3) is 8.17. The zero-order valence-corrected chi connectivity index (χ0v) is 23.4. The fourth-order valence-corrected chi connectivity index (χ4v) is 4.41. The molecule has 214 valence electrons. The first-order chi connectivity index (χ1) is 19.7. The largest absolute Gasteiger partial charge is 0.492 e. The van der Waals surface area contributed by atoms with E-state index >= 15 is 0 Å². The quantitative estimate of drug-likeness (QED) is 0.208. The maximum Gasteiger partial charge on any atom is 0.407 e. The number of carbonyl (C=O) groups excluding carboxylic acids is 1. The van der Waals surface area contributed by atoms with Crippen LogP contribution in [-0.4, -0.2) is 39.7 Å².